The molecule has 1 heterocycles. The van der Waals surface area contributed by atoms with Crippen LogP contribution in [0.25, 0.3) is 0 Å². The number of halogens is 1. The second kappa shape index (κ2) is 6.69. The lowest BCUT2D eigenvalue weighted by Gasteiger charge is -2.22. The Hall–Kier alpha value is -2.38. The van der Waals surface area contributed by atoms with Crippen molar-refractivity contribution in [3.8, 4) is 6.07 Å². The summed E-state index contributed by atoms with van der Waals surface area (Å²) in [5, 5.41) is 8.91. The molecule has 0 spiro atoms. The number of carbonyl (C=O) groups is 1. The van der Waals surface area contributed by atoms with Gasteiger partial charge in [-0.1, -0.05) is 29.8 Å². The third-order valence-electron chi connectivity index (χ3n) is 2.75. The summed E-state index contributed by atoms with van der Waals surface area (Å²) in [6.45, 7) is 0.310. The second-order valence-corrected chi connectivity index (χ2v) is 4.40. The maximum absolute atomic E-state index is 12.6. The van der Waals surface area contributed by atoms with Gasteiger partial charge in [0, 0.05) is 18.4 Å². The number of pyridine rings is 1. The molecule has 0 aliphatic rings. The third kappa shape index (κ3) is 3.14. The number of anilines is 1. The fourth-order valence-corrected chi connectivity index (χ4v) is 2.01. The zero-order valence-electron chi connectivity index (χ0n) is 10.7. The highest BCUT2D eigenvalue weighted by Gasteiger charge is 2.19. The fourth-order valence-electron chi connectivity index (χ4n) is 1.81. The van der Waals surface area contributed by atoms with E-state index in [4.69, 9.17) is 16.9 Å². The van der Waals surface area contributed by atoms with Crippen LogP contribution >= 0.6 is 11.6 Å². The molecule has 2 aromatic rings. The van der Waals surface area contributed by atoms with Crippen molar-refractivity contribution in [1.29, 1.82) is 5.26 Å². The van der Waals surface area contributed by atoms with Gasteiger partial charge < -0.3 is 4.90 Å². The second-order valence-electron chi connectivity index (χ2n) is 4.04. The predicted octanol–water partition coefficient (Wildman–Crippen LogP) is 3.30. The maximum atomic E-state index is 12.6. The van der Waals surface area contributed by atoms with E-state index in [9.17, 15) is 4.79 Å². The molecule has 0 aliphatic carbocycles. The molecule has 0 atom stereocenters. The van der Waals surface area contributed by atoms with Gasteiger partial charge in [0.2, 0.25) is 0 Å². The average molecular weight is 286 g/mol. The minimum atomic E-state index is -0.260. The lowest BCUT2D eigenvalue weighted by atomic mass is 10.2. The Kier molecular flexibility index (Phi) is 4.70. The first-order valence-corrected chi connectivity index (χ1v) is 6.46. The highest BCUT2D eigenvalue weighted by atomic mass is 35.5. The van der Waals surface area contributed by atoms with E-state index in [0.29, 0.717) is 12.1 Å². The summed E-state index contributed by atoms with van der Waals surface area (Å²) in [6, 6.07) is 14.5. The van der Waals surface area contributed by atoms with E-state index in [1.165, 1.54) is 11.1 Å². The van der Waals surface area contributed by atoms with Crippen LogP contribution in [-0.2, 0) is 0 Å². The molecule has 2 rings (SSSR count). The SMILES string of the molecule is N#CCCN(C(=O)c1cccnc1Cl)c1ccccc1. The van der Waals surface area contributed by atoms with Crippen LogP contribution in [0.4, 0.5) is 5.69 Å². The van der Waals surface area contributed by atoms with Crippen LogP contribution in [0.1, 0.15) is 16.8 Å². The Labute approximate surface area is 122 Å². The van der Waals surface area contributed by atoms with Crippen molar-refractivity contribution < 1.29 is 4.79 Å². The molecule has 0 saturated carbocycles. The number of benzene rings is 1. The number of carbonyl (C=O) groups excluding carboxylic acids is 1. The van der Waals surface area contributed by atoms with Gasteiger partial charge in [-0.15, -0.1) is 0 Å². The summed E-state index contributed by atoms with van der Waals surface area (Å²) in [5.41, 5.74) is 1.06. The molecule has 0 radical (unpaired) electrons. The number of hydrogen-bond donors (Lipinski definition) is 0. The monoisotopic (exact) mass is 285 g/mol. The van der Waals surface area contributed by atoms with Crippen molar-refractivity contribution >= 4 is 23.2 Å². The number of nitrogens with zero attached hydrogens (tertiary/aromatic N) is 3. The van der Waals surface area contributed by atoms with Gasteiger partial charge in [0.25, 0.3) is 5.91 Å². The van der Waals surface area contributed by atoms with E-state index in [0.717, 1.165) is 5.69 Å². The van der Waals surface area contributed by atoms with Gasteiger partial charge in [0.1, 0.15) is 5.15 Å². The third-order valence-corrected chi connectivity index (χ3v) is 3.05. The number of para-hydroxylation sites is 1. The lowest BCUT2D eigenvalue weighted by molar-refractivity contribution is 0.0987. The van der Waals surface area contributed by atoms with Gasteiger partial charge in [-0.2, -0.15) is 5.26 Å². The zero-order chi connectivity index (χ0) is 14.4. The minimum absolute atomic E-state index is 0.162. The maximum Gasteiger partial charge on any atom is 0.261 e. The van der Waals surface area contributed by atoms with Crippen molar-refractivity contribution in [3.63, 3.8) is 0 Å². The molecule has 0 fully saturated rings. The molecular weight excluding hydrogens is 274 g/mol. The summed E-state index contributed by atoms with van der Waals surface area (Å²) >= 11 is 5.96. The molecule has 0 aliphatic heterocycles. The highest BCUT2D eigenvalue weighted by Crippen LogP contribution is 2.20. The Morgan fingerprint density at radius 2 is 2.00 bits per heavy atom. The van der Waals surface area contributed by atoms with E-state index in [1.807, 2.05) is 36.4 Å². The molecule has 1 aromatic carbocycles. The zero-order valence-corrected chi connectivity index (χ0v) is 11.4. The molecule has 1 aromatic heterocycles. The fraction of sp³-hybridized carbons (Fsp3) is 0.133. The normalized spacial score (nSPS) is 9.80. The molecule has 4 nitrogen and oxygen atoms in total. The smallest absolute Gasteiger partial charge is 0.261 e. The topological polar surface area (TPSA) is 57.0 Å². The van der Waals surface area contributed by atoms with E-state index in [2.05, 4.69) is 4.98 Å². The summed E-state index contributed by atoms with van der Waals surface area (Å²) in [4.78, 5) is 18.0. The number of nitriles is 1. The summed E-state index contributed by atoms with van der Waals surface area (Å²) in [6.07, 6.45) is 1.78. The highest BCUT2D eigenvalue weighted by molar-refractivity contribution is 6.33. The van der Waals surface area contributed by atoms with Crippen LogP contribution in [0.5, 0.6) is 0 Å². The molecule has 0 unspecified atom stereocenters. The van der Waals surface area contributed by atoms with Crippen molar-refractivity contribution in [2.75, 3.05) is 11.4 Å². The van der Waals surface area contributed by atoms with Gasteiger partial charge in [0.15, 0.2) is 0 Å². The van der Waals surface area contributed by atoms with Gasteiger partial charge in [-0.05, 0) is 24.3 Å². The number of rotatable bonds is 4. The molecule has 100 valence electrons. The number of amides is 1. The average Bonchev–Trinajstić information content (AvgIpc) is 2.49. The van der Waals surface area contributed by atoms with Gasteiger partial charge >= 0.3 is 0 Å². The van der Waals surface area contributed by atoms with Crippen LogP contribution in [-0.4, -0.2) is 17.4 Å². The molecule has 0 saturated heterocycles. The molecule has 5 heteroatoms. The van der Waals surface area contributed by atoms with Crippen LogP contribution in [0.2, 0.25) is 5.15 Å². The van der Waals surface area contributed by atoms with Crippen molar-refractivity contribution in [2.24, 2.45) is 0 Å². The van der Waals surface area contributed by atoms with Crippen LogP contribution < -0.4 is 4.90 Å². The standard InChI is InChI=1S/C15H12ClN3O/c16-14-13(8-4-10-18-14)15(20)19(11-5-9-17)12-6-2-1-3-7-12/h1-4,6-8,10H,5,11H2. The summed E-state index contributed by atoms with van der Waals surface area (Å²) < 4.78 is 0. The molecular formula is C15H12ClN3O. The summed E-state index contributed by atoms with van der Waals surface area (Å²) in [7, 11) is 0. The Morgan fingerprint density at radius 1 is 1.25 bits per heavy atom. The molecule has 0 bridgehead atoms. The molecule has 0 N–H and O–H groups in total. The predicted molar refractivity (Wildman–Crippen MR) is 77.6 cm³/mol. The van der Waals surface area contributed by atoms with E-state index >= 15 is 0 Å². The summed E-state index contributed by atoms with van der Waals surface area (Å²) in [5.74, 6) is -0.260. The Morgan fingerprint density at radius 3 is 2.65 bits per heavy atom. The Balaban J connectivity index is 2.35. The quantitative estimate of drug-likeness (QED) is 0.810. The first-order chi connectivity index (χ1) is 9.74. The van der Waals surface area contributed by atoms with Gasteiger partial charge in [-0.25, -0.2) is 4.98 Å². The molecule has 1 amide bonds. The van der Waals surface area contributed by atoms with Gasteiger partial charge in [0.05, 0.1) is 18.1 Å². The molecule has 20 heavy (non-hydrogen) atoms. The van der Waals surface area contributed by atoms with Crippen molar-refractivity contribution in [2.45, 2.75) is 6.42 Å². The lowest BCUT2D eigenvalue weighted by Crippen LogP contribution is -2.32. The number of aromatic nitrogens is 1. The number of hydrogen-bond acceptors (Lipinski definition) is 3. The first-order valence-electron chi connectivity index (χ1n) is 6.08. The largest absolute Gasteiger partial charge is 0.307 e. The van der Waals surface area contributed by atoms with Crippen LogP contribution in [0.15, 0.2) is 48.7 Å². The van der Waals surface area contributed by atoms with E-state index in [1.54, 1.807) is 12.1 Å². The first kappa shape index (κ1) is 14.0. The van der Waals surface area contributed by atoms with E-state index in [-0.39, 0.29) is 17.5 Å². The van der Waals surface area contributed by atoms with Crippen molar-refractivity contribution in [1.82, 2.24) is 4.98 Å². The van der Waals surface area contributed by atoms with Gasteiger partial charge in [-0.3, -0.25) is 4.79 Å². The van der Waals surface area contributed by atoms with Crippen LogP contribution in [0.3, 0.4) is 0 Å². The van der Waals surface area contributed by atoms with Crippen molar-refractivity contribution in [3.05, 3.63) is 59.4 Å². The Bertz CT molecular complexity index is 637. The minimum Gasteiger partial charge on any atom is -0.307 e. The van der Waals surface area contributed by atoms with E-state index < -0.39 is 0 Å². The van der Waals surface area contributed by atoms with Crippen LogP contribution in [0, 0.1) is 11.3 Å².